The fourth-order valence-electron chi connectivity index (χ4n) is 3.79. The lowest BCUT2D eigenvalue weighted by Crippen LogP contribution is -2.37. The van der Waals surface area contributed by atoms with E-state index in [4.69, 9.17) is 32.9 Å². The zero-order valence-corrected chi connectivity index (χ0v) is 21.2. The molecule has 3 aromatic rings. The number of fused-ring (bicyclic) bond motifs is 1. The molecule has 176 valence electrons. The Balaban J connectivity index is 1.51. The Morgan fingerprint density at radius 2 is 1.97 bits per heavy atom. The molecule has 1 unspecified atom stereocenters. The number of hydrogen-bond donors (Lipinski definition) is 0. The van der Waals surface area contributed by atoms with Gasteiger partial charge in [-0.3, -0.25) is 9.69 Å². The number of sulfone groups is 1. The highest BCUT2D eigenvalue weighted by molar-refractivity contribution is 7.91. The first kappa shape index (κ1) is 24.4. The number of halogens is 2. The molecular weight excluding hydrogens is 503 g/mol. The number of benzene rings is 2. The number of carbonyl (C=O) groups excluding carboxylic acids is 1. The molecule has 1 aliphatic heterocycles. The third-order valence-electron chi connectivity index (χ3n) is 5.60. The average molecular weight is 527 g/mol. The predicted octanol–water partition coefficient (Wildman–Crippen LogP) is 5.68. The van der Waals surface area contributed by atoms with Crippen molar-refractivity contribution in [1.82, 2.24) is 4.98 Å². The quantitative estimate of drug-likeness (QED) is 0.377. The van der Waals surface area contributed by atoms with Crippen LogP contribution < -0.4 is 4.90 Å². The van der Waals surface area contributed by atoms with Gasteiger partial charge in [-0.15, -0.1) is 0 Å². The maximum atomic E-state index is 13.2. The molecule has 0 radical (unpaired) electrons. The second kappa shape index (κ2) is 10.3. The van der Waals surface area contributed by atoms with E-state index < -0.39 is 9.84 Å². The number of anilines is 1. The average Bonchev–Trinajstić information content (AvgIpc) is 3.45. The lowest BCUT2D eigenvalue weighted by Gasteiger charge is -2.23. The molecule has 1 aromatic heterocycles. The minimum absolute atomic E-state index is 0.0599. The zero-order chi connectivity index (χ0) is 23.6. The molecule has 0 spiro atoms. The number of carbonyl (C=O) groups is 1. The van der Waals surface area contributed by atoms with Gasteiger partial charge in [0.25, 0.3) is 0 Å². The van der Waals surface area contributed by atoms with Gasteiger partial charge < -0.3 is 4.74 Å². The van der Waals surface area contributed by atoms with Crippen LogP contribution in [0.5, 0.6) is 0 Å². The summed E-state index contributed by atoms with van der Waals surface area (Å²) in [4.78, 5) is 19.8. The van der Waals surface area contributed by atoms with Gasteiger partial charge in [-0.2, -0.15) is 0 Å². The van der Waals surface area contributed by atoms with E-state index in [9.17, 15) is 13.2 Å². The van der Waals surface area contributed by atoms with Crippen molar-refractivity contribution in [3.05, 3.63) is 52.0 Å². The Morgan fingerprint density at radius 1 is 1.21 bits per heavy atom. The summed E-state index contributed by atoms with van der Waals surface area (Å²) >= 11 is 13.6. The number of ether oxygens (including phenoxy) is 1. The number of aromatic nitrogens is 1. The highest BCUT2D eigenvalue weighted by Crippen LogP contribution is 2.36. The molecule has 0 saturated carbocycles. The fraction of sp³-hybridized carbons (Fsp3) is 0.391. The molecule has 1 fully saturated rings. The largest absolute Gasteiger partial charge is 0.376 e. The van der Waals surface area contributed by atoms with Crippen LogP contribution in [-0.4, -0.2) is 44.3 Å². The van der Waals surface area contributed by atoms with E-state index in [0.29, 0.717) is 28.3 Å². The number of rotatable bonds is 8. The molecule has 0 N–H and O–H groups in total. The number of nitrogens with zero attached hydrogens (tertiary/aromatic N) is 2. The molecule has 2 heterocycles. The molecule has 10 heteroatoms. The van der Waals surface area contributed by atoms with E-state index in [2.05, 4.69) is 0 Å². The maximum Gasteiger partial charge on any atom is 0.228 e. The van der Waals surface area contributed by atoms with Gasteiger partial charge in [0.05, 0.1) is 38.5 Å². The van der Waals surface area contributed by atoms with Crippen LogP contribution in [0.3, 0.4) is 0 Å². The van der Waals surface area contributed by atoms with Gasteiger partial charge in [0.2, 0.25) is 5.91 Å². The first-order valence-corrected chi connectivity index (χ1v) is 13.9. The third-order valence-corrected chi connectivity index (χ3v) is 9.21. The van der Waals surface area contributed by atoms with E-state index in [1.165, 1.54) is 23.5 Å². The lowest BCUT2D eigenvalue weighted by atomic mass is 10.2. The Kier molecular flexibility index (Phi) is 7.60. The van der Waals surface area contributed by atoms with Gasteiger partial charge in [-0.05, 0) is 62.1 Å². The Bertz CT molecular complexity index is 1210. The normalized spacial score (nSPS) is 16.4. The van der Waals surface area contributed by atoms with E-state index in [1.54, 1.807) is 17.0 Å². The smallest absolute Gasteiger partial charge is 0.228 e. The van der Waals surface area contributed by atoms with Crippen LogP contribution in [-0.2, 0) is 19.4 Å². The molecule has 0 bridgehead atoms. The lowest BCUT2D eigenvalue weighted by molar-refractivity contribution is -0.119. The molecule has 1 saturated heterocycles. The molecular formula is C23H24Cl2N2O4S2. The molecule has 0 aliphatic carbocycles. The summed E-state index contributed by atoms with van der Waals surface area (Å²) in [7, 11) is -3.50. The van der Waals surface area contributed by atoms with Crippen molar-refractivity contribution < 1.29 is 17.9 Å². The standard InChI is InChI=1S/C23H24Cl2N2O4S2/c1-15-6-11-19(25)22-21(15)26-23(32-22)27(14-17-4-2-12-31-17)20(28)5-3-13-33(29,30)18-9-7-16(24)8-10-18/h6-11,17H,2-5,12-14H2,1H3. The van der Waals surface area contributed by atoms with Crippen molar-refractivity contribution in [3.8, 4) is 0 Å². The van der Waals surface area contributed by atoms with Gasteiger partial charge in [-0.1, -0.05) is 40.6 Å². The van der Waals surface area contributed by atoms with Crippen molar-refractivity contribution in [2.24, 2.45) is 0 Å². The van der Waals surface area contributed by atoms with Gasteiger partial charge in [0.15, 0.2) is 15.0 Å². The van der Waals surface area contributed by atoms with Crippen LogP contribution in [0.4, 0.5) is 5.13 Å². The molecule has 6 nitrogen and oxygen atoms in total. The Labute approximate surface area is 207 Å². The van der Waals surface area contributed by atoms with Crippen LogP contribution in [0.25, 0.3) is 10.2 Å². The minimum Gasteiger partial charge on any atom is -0.376 e. The van der Waals surface area contributed by atoms with Crippen LogP contribution in [0.2, 0.25) is 10.0 Å². The highest BCUT2D eigenvalue weighted by Gasteiger charge is 2.27. The fourth-order valence-corrected chi connectivity index (χ4v) is 6.57. The SMILES string of the molecule is Cc1ccc(Cl)c2sc(N(CC3CCCO3)C(=O)CCCS(=O)(=O)c3ccc(Cl)cc3)nc12. The van der Waals surface area contributed by atoms with Crippen molar-refractivity contribution in [3.63, 3.8) is 0 Å². The summed E-state index contributed by atoms with van der Waals surface area (Å²) in [5, 5.41) is 1.63. The predicted molar refractivity (Wildman–Crippen MR) is 133 cm³/mol. The van der Waals surface area contributed by atoms with Crippen LogP contribution in [0.1, 0.15) is 31.2 Å². The second-order valence-corrected chi connectivity index (χ2v) is 12.0. The van der Waals surface area contributed by atoms with E-state index >= 15 is 0 Å². The third kappa shape index (κ3) is 5.69. The Hall–Kier alpha value is -1.71. The molecule has 2 aromatic carbocycles. The van der Waals surface area contributed by atoms with Crippen molar-refractivity contribution in [2.45, 2.75) is 43.6 Å². The first-order chi connectivity index (χ1) is 15.7. The van der Waals surface area contributed by atoms with Crippen LogP contribution >= 0.6 is 34.5 Å². The van der Waals surface area contributed by atoms with Gasteiger partial charge in [0, 0.05) is 18.1 Å². The summed E-state index contributed by atoms with van der Waals surface area (Å²) in [5.74, 6) is -0.302. The number of amides is 1. The van der Waals surface area contributed by atoms with Gasteiger partial charge >= 0.3 is 0 Å². The number of thiazole rings is 1. The summed E-state index contributed by atoms with van der Waals surface area (Å²) in [6.45, 7) is 3.02. The van der Waals surface area contributed by atoms with E-state index in [-0.39, 0.29) is 35.5 Å². The van der Waals surface area contributed by atoms with Crippen molar-refractivity contribution >= 4 is 65.6 Å². The highest BCUT2D eigenvalue weighted by atomic mass is 35.5. The van der Waals surface area contributed by atoms with Crippen LogP contribution in [0, 0.1) is 6.92 Å². The van der Waals surface area contributed by atoms with E-state index in [0.717, 1.165) is 28.6 Å². The molecule has 4 rings (SSSR count). The molecule has 33 heavy (non-hydrogen) atoms. The van der Waals surface area contributed by atoms with E-state index in [1.807, 2.05) is 19.1 Å². The number of aryl methyl sites for hydroxylation is 1. The monoisotopic (exact) mass is 526 g/mol. The van der Waals surface area contributed by atoms with Gasteiger partial charge in [0.1, 0.15) is 0 Å². The summed E-state index contributed by atoms with van der Waals surface area (Å²) < 4.78 is 31.8. The molecule has 1 amide bonds. The molecule has 1 aliphatic rings. The number of hydrogen-bond acceptors (Lipinski definition) is 6. The minimum atomic E-state index is -3.50. The molecule has 1 atom stereocenters. The topological polar surface area (TPSA) is 76.6 Å². The summed E-state index contributed by atoms with van der Waals surface area (Å²) in [5.41, 5.74) is 1.76. The first-order valence-electron chi connectivity index (χ1n) is 10.7. The van der Waals surface area contributed by atoms with Crippen molar-refractivity contribution in [1.29, 1.82) is 0 Å². The maximum absolute atomic E-state index is 13.2. The zero-order valence-electron chi connectivity index (χ0n) is 18.1. The van der Waals surface area contributed by atoms with Crippen LogP contribution in [0.15, 0.2) is 41.3 Å². The van der Waals surface area contributed by atoms with Gasteiger partial charge in [-0.25, -0.2) is 13.4 Å². The Morgan fingerprint density at radius 3 is 2.64 bits per heavy atom. The summed E-state index contributed by atoms with van der Waals surface area (Å²) in [6.07, 6.45) is 2.06. The summed E-state index contributed by atoms with van der Waals surface area (Å²) in [6, 6.07) is 9.79. The second-order valence-electron chi connectivity index (χ2n) is 8.05. The van der Waals surface area contributed by atoms with Crippen molar-refractivity contribution in [2.75, 3.05) is 23.8 Å².